The van der Waals surface area contributed by atoms with Crippen LogP contribution in [0.25, 0.3) is 0 Å². The molecule has 0 aromatic rings. The molecule has 0 radical (unpaired) electrons. The van der Waals surface area contributed by atoms with E-state index in [-0.39, 0.29) is 35.8 Å². The van der Waals surface area contributed by atoms with Gasteiger partial charge in [-0.05, 0) is 118 Å². The fourth-order valence-corrected chi connectivity index (χ4v) is 11.7. The van der Waals surface area contributed by atoms with Crippen molar-refractivity contribution < 1.29 is 66.6 Å². The molecule has 0 aromatic heterocycles. The number of rotatable bonds is 4. The van der Waals surface area contributed by atoms with Gasteiger partial charge in [0, 0.05) is 13.8 Å². The normalized spacial score (nSPS) is 41.8. The van der Waals surface area contributed by atoms with Gasteiger partial charge in [-0.15, -0.1) is 0 Å². The van der Waals surface area contributed by atoms with Crippen LogP contribution in [0.2, 0.25) is 0 Å². The zero-order chi connectivity index (χ0) is 36.0. The van der Waals surface area contributed by atoms with Crippen molar-refractivity contribution in [1.82, 2.24) is 0 Å². The van der Waals surface area contributed by atoms with Gasteiger partial charge in [-0.1, -0.05) is 20.8 Å². The molecule has 5 aliphatic carbocycles. The summed E-state index contributed by atoms with van der Waals surface area (Å²) in [6.07, 6.45) is -2.29. The number of hydrogen-bond donors (Lipinski definition) is 2. The molecule has 1 heterocycles. The number of aliphatic hydroxyl groups is 1. The molecule has 8 nitrogen and oxygen atoms in total. The lowest BCUT2D eigenvalue weighted by Crippen LogP contribution is -2.55. The number of fused-ring (bicyclic) bond motifs is 4. The molecule has 0 amide bonds. The number of carboxylic acid groups (broad SMARTS) is 1. The topological polar surface area (TPSA) is 119 Å². The Balaban J connectivity index is 0.000000613. The van der Waals surface area contributed by atoms with Crippen LogP contribution in [0.4, 0.5) is 26.3 Å². The van der Waals surface area contributed by atoms with Crippen LogP contribution in [0.1, 0.15) is 107 Å². The van der Waals surface area contributed by atoms with Crippen LogP contribution in [0.15, 0.2) is 0 Å². The number of esters is 2. The average Bonchev–Trinajstić information content (AvgIpc) is 3.51. The Morgan fingerprint density at radius 3 is 2.00 bits per heavy atom. The molecule has 8 unspecified atom stereocenters. The first-order chi connectivity index (χ1) is 21.8. The van der Waals surface area contributed by atoms with Gasteiger partial charge >= 0.3 is 30.3 Å². The highest BCUT2D eigenvalue weighted by molar-refractivity contribution is 5.76. The molecule has 6 rings (SSSR count). The second-order valence-electron chi connectivity index (χ2n) is 16.7. The van der Waals surface area contributed by atoms with Crippen LogP contribution in [-0.4, -0.2) is 70.5 Å². The van der Waals surface area contributed by atoms with E-state index in [1.165, 1.54) is 6.92 Å². The Labute approximate surface area is 278 Å². The minimum Gasteiger partial charge on any atom is -0.475 e. The van der Waals surface area contributed by atoms with Gasteiger partial charge in [0.2, 0.25) is 0 Å². The third-order valence-electron chi connectivity index (χ3n) is 13.6. The molecule has 2 spiro atoms. The SMILES string of the molecule is CC(=O)O[C@@H](C1CCC2C(CC3C4CCC5C(C)(C)[C@@H](OC(=O)C(F)(F)F)CCC56C[C@@]46CCC23C)O1)C(C)(C)O.O=C(O)C(F)(F)F.[HH]. The molecule has 48 heavy (non-hydrogen) atoms. The summed E-state index contributed by atoms with van der Waals surface area (Å²) < 4.78 is 88.3. The van der Waals surface area contributed by atoms with E-state index in [4.69, 9.17) is 24.1 Å². The lowest BCUT2D eigenvalue weighted by Gasteiger charge is -2.59. The number of halogens is 6. The molecule has 1 aliphatic heterocycles. The Hall–Kier alpha value is -2.09. The minimum absolute atomic E-state index is 0. The number of alkyl halides is 6. The molecule has 6 fully saturated rings. The smallest absolute Gasteiger partial charge is 0.475 e. The number of carbonyl (C=O) groups is 3. The number of hydrogen-bond acceptors (Lipinski definition) is 7. The molecule has 11 atom stereocenters. The van der Waals surface area contributed by atoms with Crippen molar-refractivity contribution >= 4 is 17.9 Å². The third kappa shape index (κ3) is 6.02. The van der Waals surface area contributed by atoms with Crippen LogP contribution in [0.3, 0.4) is 0 Å². The standard InChI is InChI=1S/C32H47F3O6.C2HF3O2.H2/c1-17(36)39-25(28(4,5)38)21-9-7-19-22(40-21)15-20-18-8-10-23-27(2,3)24(41-26(37)32(33,34)35)11-12-31(23)16-30(18,31)14-13-29(19,20)6;3-2(4,5)1(6)7;/h18-25,38H,7-16H2,1-6H3;(H,6,7);1H/t18?,19?,20?,21?,22?,23?,24-,25-,29?,30-,31?;;/m0../s1. The number of ether oxygens (including phenoxy) is 3. The van der Waals surface area contributed by atoms with Crippen molar-refractivity contribution in [3.05, 3.63) is 0 Å². The number of carboxylic acids is 1. The molecule has 0 aromatic carbocycles. The molecule has 0 bridgehead atoms. The quantitative estimate of drug-likeness (QED) is 0.233. The van der Waals surface area contributed by atoms with E-state index in [1.54, 1.807) is 13.8 Å². The lowest BCUT2D eigenvalue weighted by atomic mass is 9.46. The van der Waals surface area contributed by atoms with Crippen molar-refractivity contribution in [2.75, 3.05) is 0 Å². The highest BCUT2D eigenvalue weighted by Crippen LogP contribution is 2.87. The van der Waals surface area contributed by atoms with E-state index < -0.39 is 53.5 Å². The van der Waals surface area contributed by atoms with Crippen molar-refractivity contribution in [2.24, 2.45) is 45.3 Å². The minimum atomic E-state index is -5.08. The molecule has 1 saturated heterocycles. The van der Waals surface area contributed by atoms with Crippen molar-refractivity contribution in [3.8, 4) is 0 Å². The maximum Gasteiger partial charge on any atom is 0.490 e. The van der Waals surface area contributed by atoms with E-state index in [2.05, 4.69) is 6.92 Å². The number of aliphatic carboxylic acids is 1. The Kier molecular flexibility index (Phi) is 9.09. The summed E-state index contributed by atoms with van der Waals surface area (Å²) >= 11 is 0. The van der Waals surface area contributed by atoms with E-state index >= 15 is 0 Å². The van der Waals surface area contributed by atoms with Crippen LogP contribution in [-0.2, 0) is 28.6 Å². The van der Waals surface area contributed by atoms with Gasteiger partial charge in [0.25, 0.3) is 0 Å². The molecule has 6 aliphatic rings. The van der Waals surface area contributed by atoms with Crippen molar-refractivity contribution in [1.29, 1.82) is 0 Å². The molecule has 14 heteroatoms. The second-order valence-corrected chi connectivity index (χ2v) is 16.7. The zero-order valence-electron chi connectivity index (χ0n) is 28.3. The Morgan fingerprint density at radius 1 is 0.854 bits per heavy atom. The Morgan fingerprint density at radius 2 is 1.46 bits per heavy atom. The van der Waals surface area contributed by atoms with Gasteiger partial charge in [-0.2, -0.15) is 26.3 Å². The van der Waals surface area contributed by atoms with Crippen LogP contribution >= 0.6 is 0 Å². The van der Waals surface area contributed by atoms with Crippen molar-refractivity contribution in [2.45, 2.75) is 148 Å². The maximum absolute atomic E-state index is 13.0. The second kappa shape index (κ2) is 11.7. The van der Waals surface area contributed by atoms with Gasteiger partial charge in [0.05, 0.1) is 17.8 Å². The summed E-state index contributed by atoms with van der Waals surface area (Å²) in [7, 11) is 0. The highest BCUT2D eigenvalue weighted by Gasteiger charge is 2.81. The van der Waals surface area contributed by atoms with Gasteiger partial charge in [-0.25, -0.2) is 9.59 Å². The first kappa shape index (κ1) is 37.2. The summed E-state index contributed by atoms with van der Waals surface area (Å²) in [6, 6.07) is 0. The predicted octanol–water partition coefficient (Wildman–Crippen LogP) is 7.25. The summed E-state index contributed by atoms with van der Waals surface area (Å²) in [5.74, 6) is -3.48. The molecule has 5 saturated carbocycles. The first-order valence-electron chi connectivity index (χ1n) is 16.9. The van der Waals surface area contributed by atoms with Gasteiger partial charge < -0.3 is 24.4 Å². The summed E-state index contributed by atoms with van der Waals surface area (Å²) in [5.41, 5.74) is -1.20. The predicted molar refractivity (Wildman–Crippen MR) is 159 cm³/mol. The molecule has 276 valence electrons. The van der Waals surface area contributed by atoms with Gasteiger partial charge in [0.15, 0.2) is 6.10 Å². The van der Waals surface area contributed by atoms with E-state index in [0.29, 0.717) is 24.2 Å². The molecular weight excluding hydrogens is 650 g/mol. The monoisotopic (exact) mass is 700 g/mol. The Bertz CT molecular complexity index is 1300. The van der Waals surface area contributed by atoms with Gasteiger partial charge in [0.1, 0.15) is 6.10 Å². The summed E-state index contributed by atoms with van der Waals surface area (Å²) in [6.45, 7) is 11.2. The molecule has 2 N–H and O–H groups in total. The fraction of sp³-hybridized carbons (Fsp3) is 0.912. The van der Waals surface area contributed by atoms with E-state index in [1.807, 2.05) is 13.8 Å². The summed E-state index contributed by atoms with van der Waals surface area (Å²) in [5, 5.41) is 17.9. The zero-order valence-corrected chi connectivity index (χ0v) is 28.3. The maximum atomic E-state index is 13.0. The van der Waals surface area contributed by atoms with Crippen molar-refractivity contribution in [3.63, 3.8) is 0 Å². The fourth-order valence-electron chi connectivity index (χ4n) is 11.7. The van der Waals surface area contributed by atoms with Crippen LogP contribution in [0, 0.1) is 45.3 Å². The largest absolute Gasteiger partial charge is 0.490 e. The van der Waals surface area contributed by atoms with Crippen LogP contribution < -0.4 is 0 Å². The third-order valence-corrected chi connectivity index (χ3v) is 13.6. The number of carbonyl (C=O) groups excluding carboxylic acids is 2. The van der Waals surface area contributed by atoms with E-state index in [0.717, 1.165) is 57.8 Å². The van der Waals surface area contributed by atoms with E-state index in [9.17, 15) is 41.0 Å². The summed E-state index contributed by atoms with van der Waals surface area (Å²) in [4.78, 5) is 32.5. The average molecular weight is 701 g/mol. The highest BCUT2D eigenvalue weighted by atomic mass is 19.4. The first-order valence-corrected chi connectivity index (χ1v) is 16.9. The molecular formula is C34H50F6O8. The van der Waals surface area contributed by atoms with Gasteiger partial charge in [-0.3, -0.25) is 4.79 Å². The van der Waals surface area contributed by atoms with Crippen LogP contribution in [0.5, 0.6) is 0 Å². The lowest BCUT2D eigenvalue weighted by molar-refractivity contribution is -0.219.